The smallest absolute Gasteiger partial charge is 0.337 e. The van der Waals surface area contributed by atoms with Gasteiger partial charge in [0.25, 0.3) is 0 Å². The summed E-state index contributed by atoms with van der Waals surface area (Å²) in [4.78, 5) is 20.0. The highest BCUT2D eigenvalue weighted by Gasteiger charge is 2.15. The van der Waals surface area contributed by atoms with Gasteiger partial charge in [-0.25, -0.2) is 9.78 Å². The number of hydrogen-bond acceptors (Lipinski definition) is 3. The molecule has 21 heavy (non-hydrogen) atoms. The Morgan fingerprint density at radius 3 is 2.71 bits per heavy atom. The molecule has 106 valence electrons. The Bertz CT molecular complexity index is 819. The molecule has 0 unspecified atom stereocenters. The lowest BCUT2D eigenvalue weighted by molar-refractivity contribution is 0.0699. The van der Waals surface area contributed by atoms with Crippen LogP contribution in [0.5, 0.6) is 0 Å². The van der Waals surface area contributed by atoms with Gasteiger partial charge in [-0.1, -0.05) is 12.1 Å². The molecule has 2 aromatic heterocycles. The van der Waals surface area contributed by atoms with Gasteiger partial charge in [-0.2, -0.15) is 0 Å². The fourth-order valence-corrected chi connectivity index (χ4v) is 2.41. The van der Waals surface area contributed by atoms with Crippen LogP contribution in [0.1, 0.15) is 27.4 Å². The first-order valence-electron chi connectivity index (χ1n) is 6.67. The zero-order valence-electron chi connectivity index (χ0n) is 11.9. The minimum atomic E-state index is -0.956. The van der Waals surface area contributed by atoms with Gasteiger partial charge in [0.05, 0.1) is 17.6 Å². The third kappa shape index (κ3) is 2.38. The third-order valence-electron chi connectivity index (χ3n) is 3.51. The van der Waals surface area contributed by atoms with Gasteiger partial charge in [0, 0.05) is 11.9 Å². The quantitative estimate of drug-likeness (QED) is 0.801. The molecule has 0 aliphatic carbocycles. The molecular formula is C16H15N3O2. The van der Waals surface area contributed by atoms with Crippen LogP contribution in [-0.2, 0) is 6.54 Å². The van der Waals surface area contributed by atoms with Crippen molar-refractivity contribution in [3.05, 3.63) is 59.2 Å². The molecule has 1 N–H and O–H groups in total. The van der Waals surface area contributed by atoms with Crippen molar-refractivity contribution in [3.8, 4) is 0 Å². The van der Waals surface area contributed by atoms with Crippen LogP contribution < -0.4 is 0 Å². The van der Waals surface area contributed by atoms with Crippen molar-refractivity contribution in [2.45, 2.75) is 20.4 Å². The average molecular weight is 281 g/mol. The third-order valence-corrected chi connectivity index (χ3v) is 3.51. The highest BCUT2D eigenvalue weighted by Crippen LogP contribution is 2.21. The lowest BCUT2D eigenvalue weighted by Crippen LogP contribution is -2.03. The molecule has 3 aromatic rings. The molecule has 0 aliphatic rings. The summed E-state index contributed by atoms with van der Waals surface area (Å²) < 4.78 is 2.01. The fraction of sp³-hybridized carbons (Fsp3) is 0.188. The van der Waals surface area contributed by atoms with Crippen molar-refractivity contribution in [3.63, 3.8) is 0 Å². The molecule has 0 radical (unpaired) electrons. The van der Waals surface area contributed by atoms with E-state index in [0.717, 1.165) is 22.6 Å². The van der Waals surface area contributed by atoms with E-state index >= 15 is 0 Å². The molecule has 0 amide bonds. The lowest BCUT2D eigenvalue weighted by atomic mass is 10.2. The summed E-state index contributed by atoms with van der Waals surface area (Å²) in [5.41, 5.74) is 3.62. The average Bonchev–Trinajstić information content (AvgIpc) is 2.77. The van der Waals surface area contributed by atoms with Gasteiger partial charge < -0.3 is 9.67 Å². The Kier molecular flexibility index (Phi) is 3.17. The molecule has 0 saturated carbocycles. The molecule has 5 heteroatoms. The van der Waals surface area contributed by atoms with Crippen LogP contribution in [0.15, 0.2) is 36.5 Å². The van der Waals surface area contributed by atoms with Gasteiger partial charge in [0.1, 0.15) is 11.3 Å². The number of benzene rings is 1. The zero-order chi connectivity index (χ0) is 15.0. The molecule has 0 spiro atoms. The number of aromatic nitrogens is 3. The largest absolute Gasteiger partial charge is 0.478 e. The number of fused-ring (bicyclic) bond motifs is 1. The minimum Gasteiger partial charge on any atom is -0.478 e. The molecular weight excluding hydrogens is 266 g/mol. The van der Waals surface area contributed by atoms with Crippen molar-refractivity contribution < 1.29 is 9.90 Å². The monoisotopic (exact) mass is 281 g/mol. The summed E-state index contributed by atoms with van der Waals surface area (Å²) in [5, 5.41) is 9.24. The second-order valence-electron chi connectivity index (χ2n) is 5.03. The van der Waals surface area contributed by atoms with Gasteiger partial charge in [-0.3, -0.25) is 4.98 Å². The number of carboxylic acids is 1. The molecule has 0 bridgehead atoms. The van der Waals surface area contributed by atoms with Crippen molar-refractivity contribution in [2.24, 2.45) is 0 Å². The maximum Gasteiger partial charge on any atom is 0.337 e. The zero-order valence-corrected chi connectivity index (χ0v) is 11.9. The van der Waals surface area contributed by atoms with Gasteiger partial charge in [-0.15, -0.1) is 0 Å². The van der Waals surface area contributed by atoms with Crippen molar-refractivity contribution in [1.29, 1.82) is 0 Å². The topological polar surface area (TPSA) is 68.0 Å². The number of aryl methyl sites for hydroxylation is 2. The predicted octanol–water partition coefficient (Wildman–Crippen LogP) is 2.79. The molecule has 0 saturated heterocycles. The van der Waals surface area contributed by atoms with Crippen molar-refractivity contribution in [1.82, 2.24) is 14.5 Å². The molecule has 5 nitrogen and oxygen atoms in total. The Morgan fingerprint density at radius 2 is 2.05 bits per heavy atom. The van der Waals surface area contributed by atoms with E-state index < -0.39 is 5.97 Å². The van der Waals surface area contributed by atoms with Crippen LogP contribution in [0, 0.1) is 13.8 Å². The van der Waals surface area contributed by atoms with Crippen LogP contribution in [-0.4, -0.2) is 25.6 Å². The van der Waals surface area contributed by atoms with Crippen LogP contribution in [0.4, 0.5) is 0 Å². The van der Waals surface area contributed by atoms with E-state index in [1.807, 2.05) is 42.8 Å². The standard InChI is InChI=1S/C16H15N3O2/c1-10-6-7-12(8-17-10)9-19-11(2)18-15-13(16(20)21)4-3-5-14(15)19/h3-8H,9H2,1-2H3,(H,20,21). The Labute approximate surface area is 121 Å². The van der Waals surface area contributed by atoms with Crippen LogP contribution in [0.3, 0.4) is 0 Å². The summed E-state index contributed by atoms with van der Waals surface area (Å²) >= 11 is 0. The Morgan fingerprint density at radius 1 is 1.24 bits per heavy atom. The summed E-state index contributed by atoms with van der Waals surface area (Å²) in [6.07, 6.45) is 1.83. The first-order chi connectivity index (χ1) is 10.1. The van der Waals surface area contributed by atoms with Crippen molar-refractivity contribution >= 4 is 17.0 Å². The predicted molar refractivity (Wildman–Crippen MR) is 79.5 cm³/mol. The molecule has 0 aliphatic heterocycles. The van der Waals surface area contributed by atoms with E-state index in [1.165, 1.54) is 0 Å². The Hall–Kier alpha value is -2.69. The normalized spacial score (nSPS) is 11.0. The number of nitrogens with zero attached hydrogens (tertiary/aromatic N) is 3. The van der Waals surface area contributed by atoms with E-state index in [9.17, 15) is 9.90 Å². The number of imidazole rings is 1. The van der Waals surface area contributed by atoms with Crippen molar-refractivity contribution in [2.75, 3.05) is 0 Å². The maximum absolute atomic E-state index is 11.3. The summed E-state index contributed by atoms with van der Waals surface area (Å²) in [7, 11) is 0. The number of pyridine rings is 1. The van der Waals surface area contributed by atoms with Gasteiger partial charge >= 0.3 is 5.97 Å². The lowest BCUT2D eigenvalue weighted by Gasteiger charge is -2.07. The molecule has 0 atom stereocenters. The Balaban J connectivity index is 2.10. The molecule has 1 aromatic carbocycles. The number of hydrogen-bond donors (Lipinski definition) is 1. The summed E-state index contributed by atoms with van der Waals surface area (Å²) in [6.45, 7) is 4.45. The SMILES string of the molecule is Cc1ccc(Cn2c(C)nc3c(C(=O)O)cccc32)cn1. The first kappa shape index (κ1) is 13.3. The van der Waals surface area contributed by atoms with E-state index in [4.69, 9.17) is 0 Å². The summed E-state index contributed by atoms with van der Waals surface area (Å²) in [5.74, 6) is -0.165. The number of rotatable bonds is 3. The maximum atomic E-state index is 11.3. The number of aromatic carboxylic acids is 1. The van der Waals surface area contributed by atoms with Crippen LogP contribution in [0.25, 0.3) is 11.0 Å². The molecule has 0 fully saturated rings. The van der Waals surface area contributed by atoms with E-state index in [0.29, 0.717) is 12.1 Å². The van der Waals surface area contributed by atoms with Crippen LogP contribution in [0.2, 0.25) is 0 Å². The second kappa shape index (κ2) is 5.01. The second-order valence-corrected chi connectivity index (χ2v) is 5.03. The highest BCUT2D eigenvalue weighted by atomic mass is 16.4. The van der Waals surface area contributed by atoms with E-state index in [1.54, 1.807) is 12.1 Å². The molecule has 2 heterocycles. The number of carbonyl (C=O) groups is 1. The molecule has 3 rings (SSSR count). The highest BCUT2D eigenvalue weighted by molar-refractivity contribution is 6.01. The van der Waals surface area contributed by atoms with E-state index in [2.05, 4.69) is 9.97 Å². The number of carboxylic acid groups (broad SMARTS) is 1. The van der Waals surface area contributed by atoms with E-state index in [-0.39, 0.29) is 5.56 Å². The van der Waals surface area contributed by atoms with Gasteiger partial charge in [0.15, 0.2) is 0 Å². The van der Waals surface area contributed by atoms with Crippen LogP contribution >= 0.6 is 0 Å². The summed E-state index contributed by atoms with van der Waals surface area (Å²) in [6, 6.07) is 9.20. The number of para-hydroxylation sites is 1. The first-order valence-corrected chi connectivity index (χ1v) is 6.67. The van der Waals surface area contributed by atoms with Gasteiger partial charge in [-0.05, 0) is 37.6 Å². The van der Waals surface area contributed by atoms with Gasteiger partial charge in [0.2, 0.25) is 0 Å². The fourth-order valence-electron chi connectivity index (χ4n) is 2.41. The minimum absolute atomic E-state index is 0.233.